The second-order valence-corrected chi connectivity index (χ2v) is 9.32. The molecule has 0 spiro atoms. The third kappa shape index (κ3) is 7.74. The number of benzene rings is 1. The van der Waals surface area contributed by atoms with Crippen LogP contribution in [0.15, 0.2) is 29.3 Å². The van der Waals surface area contributed by atoms with Gasteiger partial charge in [-0.05, 0) is 71.1 Å². The summed E-state index contributed by atoms with van der Waals surface area (Å²) in [7, 11) is 6.64. The first kappa shape index (κ1) is 26.6. The largest absolute Gasteiger partial charge is 0.357 e. The molecule has 3 unspecified atom stereocenters. The van der Waals surface area contributed by atoms with E-state index in [1.807, 2.05) is 6.07 Å². The summed E-state index contributed by atoms with van der Waals surface area (Å²) >= 11 is 6.29. The summed E-state index contributed by atoms with van der Waals surface area (Å²) in [5.41, 5.74) is 1.30. The van der Waals surface area contributed by atoms with Crippen molar-refractivity contribution in [2.24, 2.45) is 10.9 Å². The lowest BCUT2D eigenvalue weighted by Crippen LogP contribution is -2.55. The van der Waals surface area contributed by atoms with Crippen LogP contribution in [0.2, 0.25) is 5.02 Å². The minimum atomic E-state index is 0. The molecule has 1 aromatic carbocycles. The zero-order valence-electron chi connectivity index (χ0n) is 19.5. The van der Waals surface area contributed by atoms with Gasteiger partial charge in [0.1, 0.15) is 0 Å². The van der Waals surface area contributed by atoms with Crippen molar-refractivity contribution in [3.05, 3.63) is 34.9 Å². The molecule has 31 heavy (non-hydrogen) atoms. The molecule has 0 aliphatic carbocycles. The standard InChI is InChI=1S/C23H39ClN6.HI/c1-5-25-23(27-16-21-17-28(2)12-13-29(21)3)26-15-19-9-7-11-30(4)22(19)18-8-6-10-20(24)14-18;/h6,8,10,14,19,21-22H,5,7,9,11-13,15-17H2,1-4H3,(H2,25,26,27);1H. The molecule has 2 saturated heterocycles. The van der Waals surface area contributed by atoms with Gasteiger partial charge < -0.3 is 15.5 Å². The molecule has 0 radical (unpaired) electrons. The zero-order chi connectivity index (χ0) is 21.5. The number of aliphatic imine (C=N–C) groups is 1. The quantitative estimate of drug-likeness (QED) is 0.317. The predicted molar refractivity (Wildman–Crippen MR) is 143 cm³/mol. The number of likely N-dealkylation sites (tertiary alicyclic amines) is 1. The number of hydrogen-bond donors (Lipinski definition) is 2. The van der Waals surface area contributed by atoms with Gasteiger partial charge in [-0.3, -0.25) is 14.8 Å². The van der Waals surface area contributed by atoms with Gasteiger partial charge in [-0.15, -0.1) is 24.0 Å². The number of hydrogen-bond acceptors (Lipinski definition) is 4. The Hall–Kier alpha value is -0.610. The van der Waals surface area contributed by atoms with Crippen LogP contribution < -0.4 is 10.6 Å². The number of rotatable bonds is 6. The lowest BCUT2D eigenvalue weighted by Gasteiger charge is -2.39. The highest BCUT2D eigenvalue weighted by Crippen LogP contribution is 2.36. The van der Waals surface area contributed by atoms with Crippen molar-refractivity contribution in [2.45, 2.75) is 31.8 Å². The molecule has 0 amide bonds. The van der Waals surface area contributed by atoms with Crippen molar-refractivity contribution in [2.75, 3.05) is 67.0 Å². The molecular weight excluding hydrogens is 523 g/mol. The van der Waals surface area contributed by atoms with E-state index in [9.17, 15) is 0 Å². The molecule has 8 heteroatoms. The third-order valence-electron chi connectivity index (χ3n) is 6.51. The number of piperazine rings is 1. The lowest BCUT2D eigenvalue weighted by molar-refractivity contribution is 0.116. The van der Waals surface area contributed by atoms with Crippen LogP contribution in [0, 0.1) is 5.92 Å². The molecule has 2 fully saturated rings. The first-order valence-corrected chi connectivity index (χ1v) is 11.7. The van der Waals surface area contributed by atoms with Crippen LogP contribution in [0.25, 0.3) is 0 Å². The summed E-state index contributed by atoms with van der Waals surface area (Å²) in [6, 6.07) is 9.20. The normalized spacial score (nSPS) is 26.4. The summed E-state index contributed by atoms with van der Waals surface area (Å²) in [5, 5.41) is 7.84. The van der Waals surface area contributed by atoms with E-state index in [2.05, 4.69) is 71.6 Å². The number of guanidine groups is 1. The molecule has 1 aromatic rings. The van der Waals surface area contributed by atoms with Crippen molar-refractivity contribution in [1.29, 1.82) is 0 Å². The van der Waals surface area contributed by atoms with Crippen LogP contribution in [0.1, 0.15) is 31.4 Å². The van der Waals surface area contributed by atoms with Crippen LogP contribution >= 0.6 is 35.6 Å². The van der Waals surface area contributed by atoms with Gasteiger partial charge in [0.25, 0.3) is 0 Å². The van der Waals surface area contributed by atoms with E-state index >= 15 is 0 Å². The molecule has 0 aromatic heterocycles. The Morgan fingerprint density at radius 2 is 1.94 bits per heavy atom. The van der Waals surface area contributed by atoms with E-state index in [-0.39, 0.29) is 24.0 Å². The molecule has 176 valence electrons. The van der Waals surface area contributed by atoms with E-state index in [1.165, 1.54) is 18.4 Å². The Bertz CT molecular complexity index is 702. The molecule has 3 atom stereocenters. The molecule has 0 saturated carbocycles. The van der Waals surface area contributed by atoms with Gasteiger partial charge in [0.2, 0.25) is 0 Å². The average molecular weight is 563 g/mol. The fraction of sp³-hybridized carbons (Fsp3) is 0.696. The third-order valence-corrected chi connectivity index (χ3v) is 6.75. The maximum Gasteiger partial charge on any atom is 0.191 e. The Morgan fingerprint density at radius 1 is 1.13 bits per heavy atom. The first-order chi connectivity index (χ1) is 14.5. The number of likely N-dealkylation sites (N-methyl/N-ethyl adjacent to an activating group) is 2. The van der Waals surface area contributed by atoms with Gasteiger partial charge >= 0.3 is 0 Å². The van der Waals surface area contributed by atoms with Gasteiger partial charge in [0.15, 0.2) is 5.96 Å². The maximum absolute atomic E-state index is 6.29. The van der Waals surface area contributed by atoms with E-state index < -0.39 is 0 Å². The van der Waals surface area contributed by atoms with Crippen molar-refractivity contribution < 1.29 is 0 Å². The molecule has 3 rings (SSSR count). The molecule has 6 nitrogen and oxygen atoms in total. The van der Waals surface area contributed by atoms with Crippen LogP contribution in [0.5, 0.6) is 0 Å². The van der Waals surface area contributed by atoms with Crippen molar-refractivity contribution in [3.63, 3.8) is 0 Å². The zero-order valence-corrected chi connectivity index (χ0v) is 22.6. The number of halogens is 2. The summed E-state index contributed by atoms with van der Waals surface area (Å²) in [6.07, 6.45) is 2.41. The first-order valence-electron chi connectivity index (χ1n) is 11.3. The molecule has 2 aliphatic heterocycles. The highest BCUT2D eigenvalue weighted by molar-refractivity contribution is 14.0. The van der Waals surface area contributed by atoms with Gasteiger partial charge in [-0.1, -0.05) is 23.7 Å². The SMILES string of the molecule is CCNC(=NCC1CCCN(C)C1c1cccc(Cl)c1)NCC1CN(C)CCN1C.I. The van der Waals surface area contributed by atoms with Gasteiger partial charge in [0, 0.05) is 56.4 Å². The van der Waals surface area contributed by atoms with Gasteiger partial charge in [-0.25, -0.2) is 0 Å². The fourth-order valence-corrected chi connectivity index (χ4v) is 4.95. The van der Waals surface area contributed by atoms with Crippen LogP contribution in [0.3, 0.4) is 0 Å². The Morgan fingerprint density at radius 3 is 2.68 bits per heavy atom. The van der Waals surface area contributed by atoms with E-state index in [0.717, 1.165) is 56.8 Å². The Balaban J connectivity index is 0.00000341. The van der Waals surface area contributed by atoms with E-state index in [4.69, 9.17) is 16.6 Å². The highest BCUT2D eigenvalue weighted by atomic mass is 127. The topological polar surface area (TPSA) is 46.1 Å². The summed E-state index contributed by atoms with van der Waals surface area (Å²) in [6.45, 7) is 9.19. The Kier molecular flexibility index (Phi) is 11.3. The minimum absolute atomic E-state index is 0. The maximum atomic E-state index is 6.29. The van der Waals surface area contributed by atoms with E-state index in [0.29, 0.717) is 18.0 Å². The van der Waals surface area contributed by atoms with Gasteiger partial charge in [0.05, 0.1) is 0 Å². The summed E-state index contributed by atoms with van der Waals surface area (Å²) < 4.78 is 0. The van der Waals surface area contributed by atoms with Crippen LogP contribution in [-0.4, -0.2) is 93.7 Å². The van der Waals surface area contributed by atoms with Crippen molar-refractivity contribution in [3.8, 4) is 0 Å². The fourth-order valence-electron chi connectivity index (χ4n) is 4.75. The lowest BCUT2D eigenvalue weighted by atomic mass is 9.85. The van der Waals surface area contributed by atoms with Crippen LogP contribution in [-0.2, 0) is 0 Å². The second kappa shape index (κ2) is 13.2. The smallest absolute Gasteiger partial charge is 0.191 e. The second-order valence-electron chi connectivity index (χ2n) is 8.88. The summed E-state index contributed by atoms with van der Waals surface area (Å²) in [4.78, 5) is 12.3. The molecule has 2 heterocycles. The number of nitrogens with zero attached hydrogens (tertiary/aromatic N) is 4. The monoisotopic (exact) mass is 562 g/mol. The average Bonchev–Trinajstić information content (AvgIpc) is 2.72. The predicted octanol–water partition coefficient (Wildman–Crippen LogP) is 3.14. The Labute approximate surface area is 210 Å². The molecule has 0 bridgehead atoms. The number of nitrogens with one attached hydrogen (secondary N) is 2. The van der Waals surface area contributed by atoms with Crippen LogP contribution in [0.4, 0.5) is 0 Å². The van der Waals surface area contributed by atoms with Gasteiger partial charge in [-0.2, -0.15) is 0 Å². The molecule has 2 N–H and O–H groups in total. The van der Waals surface area contributed by atoms with Crippen molar-refractivity contribution >= 4 is 41.5 Å². The molecule has 2 aliphatic rings. The summed E-state index contributed by atoms with van der Waals surface area (Å²) in [5.74, 6) is 1.42. The van der Waals surface area contributed by atoms with Crippen molar-refractivity contribution in [1.82, 2.24) is 25.3 Å². The minimum Gasteiger partial charge on any atom is -0.357 e. The molecular formula is C23H40ClIN6. The number of piperidine rings is 1. The highest BCUT2D eigenvalue weighted by Gasteiger charge is 2.30. The van der Waals surface area contributed by atoms with E-state index in [1.54, 1.807) is 0 Å².